The van der Waals surface area contributed by atoms with Crippen LogP contribution in [0.15, 0.2) is 77.8 Å². The lowest BCUT2D eigenvalue weighted by molar-refractivity contribution is -0.143. The number of nitrogens with zero attached hydrogens (tertiary/aromatic N) is 2. The number of carbonyl (C=O) groups is 1. The molecule has 4 aromatic rings. The van der Waals surface area contributed by atoms with Gasteiger partial charge in [0.05, 0.1) is 36.6 Å². The summed E-state index contributed by atoms with van der Waals surface area (Å²) in [6.45, 7) is -0.141. The van der Waals surface area contributed by atoms with Crippen molar-refractivity contribution in [1.29, 1.82) is 0 Å². The van der Waals surface area contributed by atoms with E-state index in [1.807, 2.05) is 0 Å². The molecule has 210 valence electrons. The topological polar surface area (TPSA) is 112 Å². The molecular formula is C26H22ClF3N4O5S. The number of rotatable bonds is 9. The number of aromatic nitrogens is 2. The Morgan fingerprint density at radius 2 is 1.73 bits per heavy atom. The fraction of sp³-hybridized carbons (Fsp3) is 0.154. The number of hydrogen-bond acceptors (Lipinski definition) is 6. The number of amides is 1. The van der Waals surface area contributed by atoms with Gasteiger partial charge in [0.1, 0.15) is 0 Å². The molecule has 9 nitrogen and oxygen atoms in total. The van der Waals surface area contributed by atoms with Gasteiger partial charge in [0.25, 0.3) is 5.91 Å². The Morgan fingerprint density at radius 3 is 2.38 bits per heavy atom. The van der Waals surface area contributed by atoms with Crippen LogP contribution in [0.5, 0.6) is 11.5 Å². The molecule has 1 heterocycles. The summed E-state index contributed by atoms with van der Waals surface area (Å²) in [4.78, 5) is 12.7. The Hall–Kier alpha value is -4.07. The number of para-hydroxylation sites is 1. The molecule has 40 heavy (non-hydrogen) atoms. The summed E-state index contributed by atoms with van der Waals surface area (Å²) in [5, 5.41) is 6.39. The van der Waals surface area contributed by atoms with Crippen molar-refractivity contribution < 1.29 is 35.9 Å². The van der Waals surface area contributed by atoms with E-state index in [2.05, 4.69) is 15.1 Å². The normalized spacial score (nSPS) is 11.8. The van der Waals surface area contributed by atoms with Crippen LogP contribution in [0, 0.1) is 0 Å². The minimum Gasteiger partial charge on any atom is -0.493 e. The summed E-state index contributed by atoms with van der Waals surface area (Å²) in [6.07, 6.45) is -4.14. The molecule has 1 amide bonds. The summed E-state index contributed by atoms with van der Waals surface area (Å²) in [6, 6.07) is 15.5. The van der Waals surface area contributed by atoms with Gasteiger partial charge in [-0.1, -0.05) is 29.8 Å². The van der Waals surface area contributed by atoms with Crippen molar-refractivity contribution >= 4 is 33.2 Å². The highest BCUT2D eigenvalue weighted by atomic mass is 35.5. The predicted molar refractivity (Wildman–Crippen MR) is 142 cm³/mol. The second kappa shape index (κ2) is 11.6. The third-order valence-electron chi connectivity index (χ3n) is 5.69. The van der Waals surface area contributed by atoms with Gasteiger partial charge in [0.2, 0.25) is 10.0 Å². The molecule has 0 saturated carbocycles. The van der Waals surface area contributed by atoms with Crippen molar-refractivity contribution in [3.05, 3.63) is 94.8 Å². The van der Waals surface area contributed by atoms with Crippen LogP contribution in [0.2, 0.25) is 5.02 Å². The van der Waals surface area contributed by atoms with E-state index >= 15 is 0 Å². The lowest BCUT2D eigenvalue weighted by Crippen LogP contribution is -2.24. The van der Waals surface area contributed by atoms with E-state index in [1.165, 1.54) is 56.7 Å². The fourth-order valence-electron chi connectivity index (χ4n) is 3.85. The number of nitrogens with one attached hydrogen (secondary N) is 2. The molecule has 0 unspecified atom stereocenters. The van der Waals surface area contributed by atoms with Gasteiger partial charge in [0.15, 0.2) is 17.2 Å². The summed E-state index contributed by atoms with van der Waals surface area (Å²) in [5.41, 5.74) is -1.54. The van der Waals surface area contributed by atoms with Gasteiger partial charge in [-0.05, 0) is 48.5 Å². The molecule has 0 fully saturated rings. The maximum atomic E-state index is 14.0. The average molecular weight is 595 g/mol. The third kappa shape index (κ3) is 6.22. The maximum Gasteiger partial charge on any atom is 0.434 e. The van der Waals surface area contributed by atoms with Crippen LogP contribution in [0.25, 0.3) is 5.69 Å². The number of carbonyl (C=O) groups excluding carboxylic acids is 1. The Balaban J connectivity index is 1.57. The van der Waals surface area contributed by atoms with Crippen molar-refractivity contribution in [3.63, 3.8) is 0 Å². The number of methoxy groups -OCH3 is 2. The standard InChI is InChI=1S/C26H22ClF3N4O5S/c1-38-22-8-3-5-16(23(22)39-2)14-32-40(36,37)20-7-4-6-18(13-20)33-25(35)21-15-31-34(24(21)26(28,29)30)19-11-9-17(27)10-12-19/h3-13,15,32H,14H2,1-2H3,(H,33,35). The SMILES string of the molecule is COc1cccc(CNS(=O)(=O)c2cccc(NC(=O)c3cnn(-c4ccc(Cl)cc4)c3C(F)(F)F)c2)c1OC. The van der Waals surface area contributed by atoms with Crippen LogP contribution >= 0.6 is 11.6 Å². The van der Waals surface area contributed by atoms with Crippen LogP contribution in [0.1, 0.15) is 21.6 Å². The van der Waals surface area contributed by atoms with Gasteiger partial charge in [0, 0.05) is 22.8 Å². The Morgan fingerprint density at radius 1 is 1.02 bits per heavy atom. The quantitative estimate of drug-likeness (QED) is 0.272. The molecule has 0 spiro atoms. The number of sulfonamides is 1. The molecule has 0 radical (unpaired) electrons. The zero-order chi connectivity index (χ0) is 29.1. The first-order valence-corrected chi connectivity index (χ1v) is 13.3. The van der Waals surface area contributed by atoms with Gasteiger partial charge in [-0.15, -0.1) is 0 Å². The van der Waals surface area contributed by atoms with Crippen molar-refractivity contribution in [1.82, 2.24) is 14.5 Å². The zero-order valence-corrected chi connectivity index (χ0v) is 22.6. The fourth-order valence-corrected chi connectivity index (χ4v) is 5.03. The molecule has 0 saturated heterocycles. The number of hydrogen-bond donors (Lipinski definition) is 2. The second-order valence-electron chi connectivity index (χ2n) is 8.25. The van der Waals surface area contributed by atoms with Gasteiger partial charge in [-0.3, -0.25) is 4.79 Å². The van der Waals surface area contributed by atoms with E-state index in [1.54, 1.807) is 18.2 Å². The average Bonchev–Trinajstić information content (AvgIpc) is 3.38. The summed E-state index contributed by atoms with van der Waals surface area (Å²) in [7, 11) is -1.23. The smallest absolute Gasteiger partial charge is 0.434 e. The number of ether oxygens (including phenoxy) is 2. The van der Waals surface area contributed by atoms with Crippen LogP contribution in [0.4, 0.5) is 18.9 Å². The Labute approximate surface area is 232 Å². The number of benzene rings is 3. The number of halogens is 4. The maximum absolute atomic E-state index is 14.0. The molecule has 4 rings (SSSR count). The number of anilines is 1. The molecule has 3 aromatic carbocycles. The van der Waals surface area contributed by atoms with Crippen LogP contribution in [-0.4, -0.2) is 38.3 Å². The molecule has 1 aromatic heterocycles. The lowest BCUT2D eigenvalue weighted by Gasteiger charge is -2.14. The molecule has 14 heteroatoms. The van der Waals surface area contributed by atoms with E-state index in [9.17, 15) is 26.4 Å². The number of alkyl halides is 3. The summed E-state index contributed by atoms with van der Waals surface area (Å²) < 4.78 is 81.4. The zero-order valence-electron chi connectivity index (χ0n) is 21.0. The van der Waals surface area contributed by atoms with Gasteiger partial charge >= 0.3 is 6.18 Å². The molecule has 0 atom stereocenters. The molecule has 2 N–H and O–H groups in total. The molecule has 0 aliphatic heterocycles. The van der Waals surface area contributed by atoms with E-state index in [4.69, 9.17) is 21.1 Å². The van der Waals surface area contributed by atoms with Crippen LogP contribution in [0.3, 0.4) is 0 Å². The van der Waals surface area contributed by atoms with Crippen molar-refractivity contribution in [3.8, 4) is 17.2 Å². The molecule has 0 bridgehead atoms. The Bertz CT molecular complexity index is 1640. The van der Waals surface area contributed by atoms with Gasteiger partial charge < -0.3 is 14.8 Å². The third-order valence-corrected chi connectivity index (χ3v) is 7.34. The minimum atomic E-state index is -4.93. The lowest BCUT2D eigenvalue weighted by atomic mass is 10.2. The predicted octanol–water partition coefficient (Wildman–Crippen LogP) is 5.29. The van der Waals surface area contributed by atoms with Crippen molar-refractivity contribution in [2.24, 2.45) is 0 Å². The first kappa shape index (κ1) is 28.9. The van der Waals surface area contributed by atoms with E-state index < -0.39 is 33.4 Å². The van der Waals surface area contributed by atoms with Crippen LogP contribution < -0.4 is 19.5 Å². The summed E-state index contributed by atoms with van der Waals surface area (Å²) >= 11 is 5.82. The molecule has 0 aliphatic rings. The highest BCUT2D eigenvalue weighted by Gasteiger charge is 2.40. The molecular weight excluding hydrogens is 573 g/mol. The first-order valence-electron chi connectivity index (χ1n) is 11.5. The molecule has 0 aliphatic carbocycles. The monoisotopic (exact) mass is 594 g/mol. The minimum absolute atomic E-state index is 0.0424. The second-order valence-corrected chi connectivity index (χ2v) is 10.5. The van der Waals surface area contributed by atoms with Gasteiger partial charge in [-0.2, -0.15) is 18.3 Å². The Kier molecular flexibility index (Phi) is 8.37. The highest BCUT2D eigenvalue weighted by Crippen LogP contribution is 2.34. The first-order chi connectivity index (χ1) is 18.9. The van der Waals surface area contributed by atoms with Crippen LogP contribution in [-0.2, 0) is 22.7 Å². The summed E-state index contributed by atoms with van der Waals surface area (Å²) in [5.74, 6) is -0.356. The van der Waals surface area contributed by atoms with Crippen molar-refractivity contribution in [2.45, 2.75) is 17.6 Å². The van der Waals surface area contributed by atoms with Crippen molar-refractivity contribution in [2.75, 3.05) is 19.5 Å². The largest absolute Gasteiger partial charge is 0.493 e. The van der Waals surface area contributed by atoms with E-state index in [-0.39, 0.29) is 22.8 Å². The van der Waals surface area contributed by atoms with E-state index in [0.29, 0.717) is 26.8 Å². The highest BCUT2D eigenvalue weighted by molar-refractivity contribution is 7.89. The van der Waals surface area contributed by atoms with E-state index in [0.717, 1.165) is 12.3 Å². The van der Waals surface area contributed by atoms with Gasteiger partial charge in [-0.25, -0.2) is 17.8 Å².